The van der Waals surface area contributed by atoms with Crippen LogP contribution in [-0.2, 0) is 0 Å². The Morgan fingerprint density at radius 2 is 2.00 bits per heavy atom. The van der Waals surface area contributed by atoms with Crippen molar-refractivity contribution in [2.45, 2.75) is 13.8 Å². The van der Waals surface area contributed by atoms with Crippen molar-refractivity contribution in [2.75, 3.05) is 5.43 Å². The molecule has 0 aliphatic carbocycles. The lowest BCUT2D eigenvalue weighted by Gasteiger charge is -1.98. The number of para-hydroxylation sites is 1. The van der Waals surface area contributed by atoms with Gasteiger partial charge in [-0.3, -0.25) is 9.78 Å². The summed E-state index contributed by atoms with van der Waals surface area (Å²) in [4.78, 5) is 17.2. The summed E-state index contributed by atoms with van der Waals surface area (Å²) in [6, 6.07) is 7.98. The van der Waals surface area contributed by atoms with Gasteiger partial charge in [-0.2, -0.15) is 5.10 Å². The van der Waals surface area contributed by atoms with Crippen LogP contribution in [0.4, 0.5) is 5.95 Å². The molecule has 0 aliphatic heterocycles. The highest BCUT2D eigenvalue weighted by molar-refractivity contribution is 6.00. The Morgan fingerprint density at radius 1 is 1.19 bits per heavy atom. The van der Waals surface area contributed by atoms with Crippen LogP contribution in [0.1, 0.15) is 17.0 Å². The van der Waals surface area contributed by atoms with Crippen LogP contribution in [0, 0.1) is 13.8 Å². The summed E-state index contributed by atoms with van der Waals surface area (Å²) in [5.74, 6) is 0.208. The average molecular weight is 282 g/mol. The Bertz CT molecular complexity index is 877. The first-order chi connectivity index (χ1) is 10.1. The van der Waals surface area contributed by atoms with Crippen LogP contribution in [0.5, 0.6) is 0 Å². The number of anilines is 1. The fourth-order valence-corrected chi connectivity index (χ4v) is 2.07. The maximum Gasteiger partial charge on any atom is 0.274 e. The molecule has 0 saturated heterocycles. The number of hydrogen-bond acceptors (Lipinski definition) is 5. The minimum absolute atomic E-state index is 0.208. The van der Waals surface area contributed by atoms with Gasteiger partial charge in [0.25, 0.3) is 5.56 Å². The van der Waals surface area contributed by atoms with Gasteiger partial charge in [-0.05, 0) is 19.9 Å². The summed E-state index contributed by atoms with van der Waals surface area (Å²) in [5.41, 5.74) is 5.76. The van der Waals surface area contributed by atoms with Gasteiger partial charge in [0.15, 0.2) is 0 Å². The van der Waals surface area contributed by atoms with Gasteiger partial charge in [0.05, 0.1) is 6.21 Å². The molecule has 0 amide bonds. The van der Waals surface area contributed by atoms with Gasteiger partial charge in [-0.1, -0.05) is 18.2 Å². The third kappa shape index (κ3) is 2.53. The molecular weight excluding hydrogens is 268 g/mol. The van der Waals surface area contributed by atoms with E-state index in [1.54, 1.807) is 13.1 Å². The lowest BCUT2D eigenvalue weighted by molar-refractivity contribution is 0.897. The number of aromatic amines is 2. The number of nitrogens with one attached hydrogen (secondary N) is 3. The van der Waals surface area contributed by atoms with Crippen molar-refractivity contribution in [2.24, 2.45) is 5.10 Å². The summed E-state index contributed by atoms with van der Waals surface area (Å²) in [7, 11) is 0. The van der Waals surface area contributed by atoms with Crippen molar-refractivity contribution < 1.29 is 0 Å². The molecular formula is C14H14N6O. The van der Waals surface area contributed by atoms with Gasteiger partial charge in [0, 0.05) is 22.2 Å². The monoisotopic (exact) mass is 282 g/mol. The maximum absolute atomic E-state index is 11.4. The lowest BCUT2D eigenvalue weighted by Crippen LogP contribution is -2.15. The smallest absolute Gasteiger partial charge is 0.274 e. The Hall–Kier alpha value is -2.96. The Kier molecular flexibility index (Phi) is 3.23. The summed E-state index contributed by atoms with van der Waals surface area (Å²) < 4.78 is 0. The van der Waals surface area contributed by atoms with E-state index in [1.807, 2.05) is 31.2 Å². The van der Waals surface area contributed by atoms with Gasteiger partial charge in [0.1, 0.15) is 5.69 Å². The molecule has 0 unspecified atom stereocenters. The standard InChI is InChI=1S/C14H14N6O/c1-8-11(10-5-3-4-6-12(10)16-8)7-15-19-14-17-13(21)9(2)18-20-14/h3-7,16H,1-2H3,(H2,17,19,20,21)/b15-7+. The lowest BCUT2D eigenvalue weighted by atomic mass is 10.1. The number of hydrazone groups is 1. The van der Waals surface area contributed by atoms with E-state index in [-0.39, 0.29) is 11.5 Å². The van der Waals surface area contributed by atoms with Crippen LogP contribution in [0.15, 0.2) is 34.2 Å². The molecule has 0 radical (unpaired) electrons. The van der Waals surface area contributed by atoms with E-state index in [9.17, 15) is 4.79 Å². The number of aryl methyl sites for hydroxylation is 2. The van der Waals surface area contributed by atoms with E-state index in [1.165, 1.54) is 0 Å². The zero-order chi connectivity index (χ0) is 14.8. The summed E-state index contributed by atoms with van der Waals surface area (Å²) in [5, 5.41) is 12.7. The molecule has 2 aromatic heterocycles. The highest BCUT2D eigenvalue weighted by Crippen LogP contribution is 2.19. The number of hydrogen-bond donors (Lipinski definition) is 3. The van der Waals surface area contributed by atoms with Crippen LogP contribution < -0.4 is 11.0 Å². The Balaban J connectivity index is 1.86. The van der Waals surface area contributed by atoms with Crippen molar-refractivity contribution in [3.05, 3.63) is 51.6 Å². The van der Waals surface area contributed by atoms with Crippen LogP contribution in [0.25, 0.3) is 10.9 Å². The molecule has 7 heteroatoms. The third-order valence-corrected chi connectivity index (χ3v) is 3.17. The van der Waals surface area contributed by atoms with Gasteiger partial charge in [-0.25, -0.2) is 5.43 Å². The van der Waals surface area contributed by atoms with E-state index in [4.69, 9.17) is 0 Å². The fraction of sp³-hybridized carbons (Fsp3) is 0.143. The molecule has 21 heavy (non-hydrogen) atoms. The molecule has 3 N–H and O–H groups in total. The molecule has 7 nitrogen and oxygen atoms in total. The molecule has 1 aromatic carbocycles. The quantitative estimate of drug-likeness (QED) is 0.503. The molecule has 3 rings (SSSR count). The predicted octanol–water partition coefficient (Wildman–Crippen LogP) is 1.71. The summed E-state index contributed by atoms with van der Waals surface area (Å²) >= 11 is 0. The van der Waals surface area contributed by atoms with E-state index < -0.39 is 0 Å². The van der Waals surface area contributed by atoms with Crippen molar-refractivity contribution in [1.29, 1.82) is 0 Å². The highest BCUT2D eigenvalue weighted by Gasteiger charge is 2.05. The van der Waals surface area contributed by atoms with E-state index >= 15 is 0 Å². The SMILES string of the molecule is Cc1[nH]c2ccccc2c1/C=N/Nc1nnc(C)c(=O)[nH]1. The summed E-state index contributed by atoms with van der Waals surface area (Å²) in [6.45, 7) is 3.57. The number of fused-ring (bicyclic) bond motifs is 1. The first kappa shape index (κ1) is 13.0. The predicted molar refractivity (Wildman–Crippen MR) is 81.6 cm³/mol. The number of H-pyrrole nitrogens is 2. The first-order valence-electron chi connectivity index (χ1n) is 6.45. The number of benzene rings is 1. The Morgan fingerprint density at radius 3 is 2.81 bits per heavy atom. The van der Waals surface area contributed by atoms with Crippen LogP contribution in [0.2, 0.25) is 0 Å². The summed E-state index contributed by atoms with van der Waals surface area (Å²) in [6.07, 6.45) is 1.69. The molecule has 0 saturated carbocycles. The highest BCUT2D eigenvalue weighted by atomic mass is 16.1. The molecule has 0 fully saturated rings. The normalized spacial score (nSPS) is 11.3. The van der Waals surface area contributed by atoms with E-state index in [2.05, 4.69) is 30.7 Å². The van der Waals surface area contributed by atoms with Gasteiger partial charge >= 0.3 is 0 Å². The zero-order valence-electron chi connectivity index (χ0n) is 11.6. The van der Waals surface area contributed by atoms with Crippen molar-refractivity contribution in [3.63, 3.8) is 0 Å². The van der Waals surface area contributed by atoms with Crippen molar-refractivity contribution in [3.8, 4) is 0 Å². The molecule has 0 bridgehead atoms. The molecule has 0 aliphatic rings. The van der Waals surface area contributed by atoms with Crippen LogP contribution >= 0.6 is 0 Å². The largest absolute Gasteiger partial charge is 0.358 e. The molecule has 3 aromatic rings. The first-order valence-corrected chi connectivity index (χ1v) is 6.45. The molecule has 106 valence electrons. The second kappa shape index (κ2) is 5.20. The number of nitrogens with zero attached hydrogens (tertiary/aromatic N) is 3. The topological polar surface area (TPSA) is 98.8 Å². The van der Waals surface area contributed by atoms with E-state index in [0.717, 1.165) is 22.2 Å². The third-order valence-electron chi connectivity index (χ3n) is 3.17. The minimum atomic E-state index is -0.286. The van der Waals surface area contributed by atoms with E-state index in [0.29, 0.717) is 5.69 Å². The van der Waals surface area contributed by atoms with Crippen LogP contribution in [0.3, 0.4) is 0 Å². The zero-order valence-corrected chi connectivity index (χ0v) is 11.6. The van der Waals surface area contributed by atoms with Gasteiger partial charge in [-0.15, -0.1) is 10.2 Å². The molecule has 0 spiro atoms. The molecule has 0 atom stereocenters. The Labute approximate surface area is 120 Å². The molecule has 2 heterocycles. The van der Waals surface area contributed by atoms with Crippen LogP contribution in [-0.4, -0.2) is 26.4 Å². The van der Waals surface area contributed by atoms with Gasteiger partial charge < -0.3 is 4.98 Å². The second-order valence-electron chi connectivity index (χ2n) is 4.67. The van der Waals surface area contributed by atoms with Crippen molar-refractivity contribution >= 4 is 23.1 Å². The number of aromatic nitrogens is 4. The fourth-order valence-electron chi connectivity index (χ4n) is 2.07. The minimum Gasteiger partial charge on any atom is -0.358 e. The number of rotatable bonds is 3. The average Bonchev–Trinajstić information content (AvgIpc) is 2.79. The van der Waals surface area contributed by atoms with Gasteiger partial charge in [0.2, 0.25) is 5.95 Å². The second-order valence-corrected chi connectivity index (χ2v) is 4.67. The maximum atomic E-state index is 11.4. The van der Waals surface area contributed by atoms with Crippen molar-refractivity contribution in [1.82, 2.24) is 20.2 Å².